The van der Waals surface area contributed by atoms with Crippen LogP contribution in [0.2, 0.25) is 10.0 Å². The number of fused-ring (bicyclic) bond motifs is 3. The highest BCUT2D eigenvalue weighted by Crippen LogP contribution is 2.42. The minimum absolute atomic E-state index is 0.0477. The first kappa shape index (κ1) is 22.6. The van der Waals surface area contributed by atoms with Crippen molar-refractivity contribution in [3.8, 4) is 11.1 Å². The fraction of sp³-hybridized carbons (Fsp3) is 0.500. The number of hydrogen-bond donors (Lipinski definition) is 0. The SMILES string of the molecule is CC(C)(C)OC(=O)N1CCn2c(c(-c3cnn(C4CCCCO4)c3)c3ccc(Cl)c(Cl)c32)C1. The van der Waals surface area contributed by atoms with Gasteiger partial charge in [0.15, 0.2) is 0 Å². The van der Waals surface area contributed by atoms with Crippen LogP contribution in [0.25, 0.3) is 22.0 Å². The van der Waals surface area contributed by atoms with Crippen LogP contribution in [0.5, 0.6) is 0 Å². The molecule has 9 heteroatoms. The van der Waals surface area contributed by atoms with E-state index < -0.39 is 5.60 Å². The van der Waals surface area contributed by atoms with E-state index >= 15 is 0 Å². The van der Waals surface area contributed by atoms with Gasteiger partial charge in [-0.2, -0.15) is 5.10 Å². The van der Waals surface area contributed by atoms with E-state index in [0.717, 1.165) is 53.6 Å². The van der Waals surface area contributed by atoms with Crippen LogP contribution in [0, 0.1) is 0 Å². The maximum absolute atomic E-state index is 12.8. The molecule has 1 fully saturated rings. The average molecular weight is 491 g/mol. The third-order valence-electron chi connectivity index (χ3n) is 6.15. The molecule has 0 bridgehead atoms. The van der Waals surface area contributed by atoms with Crippen molar-refractivity contribution in [1.82, 2.24) is 19.2 Å². The maximum atomic E-state index is 12.8. The molecule has 5 rings (SSSR count). The Bertz CT molecular complexity index is 1200. The monoisotopic (exact) mass is 490 g/mol. The number of benzene rings is 1. The second kappa shape index (κ2) is 8.53. The van der Waals surface area contributed by atoms with Crippen LogP contribution < -0.4 is 0 Å². The van der Waals surface area contributed by atoms with Crippen molar-refractivity contribution in [3.63, 3.8) is 0 Å². The quantitative estimate of drug-likeness (QED) is 0.425. The van der Waals surface area contributed by atoms with Gasteiger partial charge in [0.05, 0.1) is 28.3 Å². The molecule has 1 atom stereocenters. The summed E-state index contributed by atoms with van der Waals surface area (Å²) in [7, 11) is 0. The number of hydrogen-bond acceptors (Lipinski definition) is 4. The summed E-state index contributed by atoms with van der Waals surface area (Å²) in [4.78, 5) is 14.6. The van der Waals surface area contributed by atoms with Crippen LogP contribution in [0.15, 0.2) is 24.5 Å². The van der Waals surface area contributed by atoms with Crippen LogP contribution in [-0.4, -0.2) is 44.1 Å². The van der Waals surface area contributed by atoms with Gasteiger partial charge in [0.2, 0.25) is 0 Å². The van der Waals surface area contributed by atoms with E-state index in [4.69, 9.17) is 32.7 Å². The lowest BCUT2D eigenvalue weighted by Gasteiger charge is -2.31. The van der Waals surface area contributed by atoms with Gasteiger partial charge in [-0.05, 0) is 46.1 Å². The highest BCUT2D eigenvalue weighted by atomic mass is 35.5. The first-order chi connectivity index (χ1) is 15.7. The number of aromatic nitrogens is 3. The van der Waals surface area contributed by atoms with Gasteiger partial charge >= 0.3 is 6.09 Å². The minimum Gasteiger partial charge on any atom is -0.444 e. The summed E-state index contributed by atoms with van der Waals surface area (Å²) in [5, 5.41) is 6.64. The second-order valence-electron chi connectivity index (χ2n) is 9.66. The summed E-state index contributed by atoms with van der Waals surface area (Å²) in [6, 6.07) is 3.82. The fourth-order valence-corrected chi connectivity index (χ4v) is 5.10. The zero-order valence-electron chi connectivity index (χ0n) is 19.1. The maximum Gasteiger partial charge on any atom is 0.410 e. The van der Waals surface area contributed by atoms with Crippen molar-refractivity contribution >= 4 is 40.2 Å². The summed E-state index contributed by atoms with van der Waals surface area (Å²) in [6.07, 6.45) is 6.69. The number of nitrogens with zero attached hydrogens (tertiary/aromatic N) is 4. The van der Waals surface area contributed by atoms with Crippen LogP contribution in [-0.2, 0) is 22.6 Å². The number of carbonyl (C=O) groups is 1. The second-order valence-corrected chi connectivity index (χ2v) is 10.4. The summed E-state index contributed by atoms with van der Waals surface area (Å²) < 4.78 is 15.6. The third kappa shape index (κ3) is 4.22. The topological polar surface area (TPSA) is 61.5 Å². The Morgan fingerprint density at radius 1 is 1.21 bits per heavy atom. The van der Waals surface area contributed by atoms with Gasteiger partial charge in [0, 0.05) is 48.1 Å². The van der Waals surface area contributed by atoms with Gasteiger partial charge in [-0.25, -0.2) is 9.48 Å². The predicted molar refractivity (Wildman–Crippen MR) is 129 cm³/mol. The molecule has 1 unspecified atom stereocenters. The predicted octanol–water partition coefficient (Wildman–Crippen LogP) is 6.26. The molecule has 0 N–H and O–H groups in total. The van der Waals surface area contributed by atoms with Gasteiger partial charge < -0.3 is 18.9 Å². The number of amides is 1. The molecule has 3 aromatic rings. The molecule has 0 spiro atoms. The zero-order valence-corrected chi connectivity index (χ0v) is 20.6. The largest absolute Gasteiger partial charge is 0.444 e. The van der Waals surface area contributed by atoms with Crippen molar-refractivity contribution in [3.05, 3.63) is 40.3 Å². The van der Waals surface area contributed by atoms with Crippen LogP contribution in [0.3, 0.4) is 0 Å². The molecule has 176 valence electrons. The Balaban J connectivity index is 1.59. The molecule has 2 aromatic heterocycles. The van der Waals surface area contributed by atoms with E-state index in [1.54, 1.807) is 4.90 Å². The number of halogens is 2. The lowest BCUT2D eigenvalue weighted by Crippen LogP contribution is -2.41. The molecule has 0 radical (unpaired) electrons. The highest BCUT2D eigenvalue weighted by molar-refractivity contribution is 6.45. The lowest BCUT2D eigenvalue weighted by molar-refractivity contribution is -0.0394. The van der Waals surface area contributed by atoms with E-state index in [-0.39, 0.29) is 12.3 Å². The summed E-state index contributed by atoms with van der Waals surface area (Å²) >= 11 is 13.1. The Morgan fingerprint density at radius 2 is 2.03 bits per heavy atom. The zero-order chi connectivity index (χ0) is 23.3. The highest BCUT2D eigenvalue weighted by Gasteiger charge is 2.31. The van der Waals surface area contributed by atoms with Gasteiger partial charge in [0.1, 0.15) is 11.8 Å². The van der Waals surface area contributed by atoms with Crippen LogP contribution in [0.1, 0.15) is 52.0 Å². The van der Waals surface area contributed by atoms with Gasteiger partial charge in [-0.3, -0.25) is 0 Å². The molecule has 33 heavy (non-hydrogen) atoms. The molecule has 1 saturated heterocycles. The van der Waals surface area contributed by atoms with Crippen molar-refractivity contribution in [2.45, 2.75) is 65.0 Å². The first-order valence-electron chi connectivity index (χ1n) is 11.4. The Hall–Kier alpha value is -2.22. The Kier molecular flexibility index (Phi) is 5.83. The molecular formula is C24H28Cl2N4O3. The normalized spacial score (nSPS) is 19.1. The molecule has 2 aliphatic heterocycles. The van der Waals surface area contributed by atoms with E-state index in [9.17, 15) is 4.79 Å². The summed E-state index contributed by atoms with van der Waals surface area (Å²) in [5.41, 5.74) is 3.31. The van der Waals surface area contributed by atoms with Crippen molar-refractivity contribution < 1.29 is 14.3 Å². The molecule has 7 nitrogen and oxygen atoms in total. The number of carbonyl (C=O) groups excluding carboxylic acids is 1. The number of rotatable bonds is 2. The molecule has 0 aliphatic carbocycles. The van der Waals surface area contributed by atoms with Crippen LogP contribution >= 0.6 is 23.2 Å². The van der Waals surface area contributed by atoms with Gasteiger partial charge in [-0.1, -0.05) is 29.3 Å². The van der Waals surface area contributed by atoms with E-state index in [1.807, 2.05) is 50.0 Å². The average Bonchev–Trinajstić information content (AvgIpc) is 3.38. The molecular weight excluding hydrogens is 463 g/mol. The van der Waals surface area contributed by atoms with E-state index in [0.29, 0.717) is 29.7 Å². The molecule has 1 aromatic carbocycles. The summed E-state index contributed by atoms with van der Waals surface area (Å²) in [5.74, 6) is 0. The lowest BCUT2D eigenvalue weighted by atomic mass is 10.0. The van der Waals surface area contributed by atoms with E-state index in [1.165, 1.54) is 0 Å². The fourth-order valence-electron chi connectivity index (χ4n) is 4.68. The van der Waals surface area contributed by atoms with Gasteiger partial charge in [-0.15, -0.1) is 0 Å². The Labute approximate surface area is 203 Å². The van der Waals surface area contributed by atoms with Gasteiger partial charge in [0.25, 0.3) is 0 Å². The molecule has 1 amide bonds. The third-order valence-corrected chi connectivity index (χ3v) is 6.94. The molecule has 2 aliphatic rings. The minimum atomic E-state index is -0.554. The standard InChI is InChI=1S/C24H28Cl2N4O3/c1-24(2,3)33-23(31)28-9-10-29-18(14-28)20(16-7-8-17(25)21(26)22(16)29)15-12-27-30(13-15)19-6-4-5-11-32-19/h7-8,12-13,19H,4-6,9-11,14H2,1-3H3. The summed E-state index contributed by atoms with van der Waals surface area (Å²) in [6.45, 7) is 7.93. The van der Waals surface area contributed by atoms with Crippen LogP contribution in [0.4, 0.5) is 4.79 Å². The molecule has 4 heterocycles. The Morgan fingerprint density at radius 3 is 2.76 bits per heavy atom. The smallest absolute Gasteiger partial charge is 0.410 e. The van der Waals surface area contributed by atoms with Crippen molar-refractivity contribution in [2.24, 2.45) is 0 Å². The van der Waals surface area contributed by atoms with Crippen molar-refractivity contribution in [1.29, 1.82) is 0 Å². The molecule has 0 saturated carbocycles. The van der Waals surface area contributed by atoms with E-state index in [2.05, 4.69) is 9.67 Å². The van der Waals surface area contributed by atoms with Crippen molar-refractivity contribution in [2.75, 3.05) is 13.2 Å². The number of ether oxygens (including phenoxy) is 2. The first-order valence-corrected chi connectivity index (χ1v) is 12.1.